The van der Waals surface area contributed by atoms with Crippen molar-refractivity contribution in [3.05, 3.63) is 315 Å². The SMILES string of the molecule is c1ccc(-c2cccc3c2c2cc(-n4c5ccccc5c5cc([Si](c6ccccc6)(c6ccccc6)c6ccccc6)ccc54)ccc2n3-c2cccc([Si](c3ccccc3)(c3ccccc3)c3ccccc3)c2)cc1. The Morgan fingerprint density at radius 1 is 0.211 bits per heavy atom. The summed E-state index contributed by atoms with van der Waals surface area (Å²) in [6.45, 7) is 0. The van der Waals surface area contributed by atoms with Crippen molar-refractivity contribution < 1.29 is 0 Å². The van der Waals surface area contributed by atoms with Crippen LogP contribution in [0.5, 0.6) is 0 Å². The first-order valence-electron chi connectivity index (χ1n) is 26.3. The Morgan fingerprint density at radius 2 is 0.579 bits per heavy atom. The summed E-state index contributed by atoms with van der Waals surface area (Å²) >= 11 is 0. The van der Waals surface area contributed by atoms with E-state index < -0.39 is 16.1 Å². The zero-order valence-electron chi connectivity index (χ0n) is 41.9. The first-order chi connectivity index (χ1) is 37.7. The van der Waals surface area contributed by atoms with Crippen LogP contribution >= 0.6 is 0 Å². The van der Waals surface area contributed by atoms with Gasteiger partial charge in [0.25, 0.3) is 0 Å². The van der Waals surface area contributed by atoms with Crippen LogP contribution in [-0.4, -0.2) is 25.3 Å². The second-order valence-corrected chi connectivity index (χ2v) is 27.6. The average Bonchev–Trinajstić information content (AvgIpc) is 4.15. The maximum atomic E-state index is 2.53. The molecule has 14 aromatic rings. The number of aromatic nitrogens is 2. The molecule has 0 atom stereocenters. The van der Waals surface area contributed by atoms with Gasteiger partial charge in [-0.3, -0.25) is 0 Å². The molecule has 0 saturated heterocycles. The summed E-state index contributed by atoms with van der Waals surface area (Å²) in [6, 6.07) is 118. The number of para-hydroxylation sites is 1. The molecular formula is C72H52N2Si2. The maximum Gasteiger partial charge on any atom is 0.179 e. The van der Waals surface area contributed by atoms with E-state index >= 15 is 0 Å². The molecule has 14 rings (SSSR count). The van der Waals surface area contributed by atoms with Crippen molar-refractivity contribution in [3.8, 4) is 22.5 Å². The van der Waals surface area contributed by atoms with Crippen LogP contribution in [0.1, 0.15) is 0 Å². The molecular weight excluding hydrogens is 949 g/mol. The minimum atomic E-state index is -2.83. The second kappa shape index (κ2) is 18.9. The predicted molar refractivity (Wildman–Crippen MR) is 328 cm³/mol. The number of benzene rings is 12. The van der Waals surface area contributed by atoms with E-state index in [9.17, 15) is 0 Å². The summed E-state index contributed by atoms with van der Waals surface area (Å²) in [6.07, 6.45) is 0. The molecule has 2 aromatic heterocycles. The number of hydrogen-bond donors (Lipinski definition) is 0. The van der Waals surface area contributed by atoms with Gasteiger partial charge in [0.05, 0.1) is 22.1 Å². The monoisotopic (exact) mass is 1000 g/mol. The van der Waals surface area contributed by atoms with E-state index in [1.807, 2.05) is 0 Å². The standard InChI is InChI=1S/C72H52N2Si2/c1-8-26-53(27-9-1)64-43-25-45-71-72(64)67-51-55(46-48-70(67)74(71)54-28-24-41-62(50-54)75(56-29-10-2-11-30-56,57-31-12-3-13-32-57)58-33-14-4-15-34-58)73-68-44-23-22-42-65(68)66-52-63(47-49-69(66)73)76(59-35-16-5-17-36-59,60-37-18-6-19-38-60)61-39-20-7-21-40-61/h1-52H. The number of nitrogens with zero attached hydrogens (tertiary/aromatic N) is 2. The molecule has 0 aliphatic rings. The number of hydrogen-bond acceptors (Lipinski definition) is 0. The average molecular weight is 1000 g/mol. The van der Waals surface area contributed by atoms with Crippen LogP contribution in [0.3, 0.4) is 0 Å². The molecule has 0 saturated carbocycles. The fraction of sp³-hybridized carbons (Fsp3) is 0. The topological polar surface area (TPSA) is 9.86 Å². The Kier molecular flexibility index (Phi) is 11.2. The largest absolute Gasteiger partial charge is 0.309 e. The molecule has 0 fully saturated rings. The smallest absolute Gasteiger partial charge is 0.179 e. The summed E-state index contributed by atoms with van der Waals surface area (Å²) in [4.78, 5) is 0. The molecule has 2 nitrogen and oxygen atoms in total. The highest BCUT2D eigenvalue weighted by Gasteiger charge is 2.43. The van der Waals surface area contributed by atoms with Crippen molar-refractivity contribution in [2.24, 2.45) is 0 Å². The molecule has 76 heavy (non-hydrogen) atoms. The van der Waals surface area contributed by atoms with Gasteiger partial charge < -0.3 is 9.13 Å². The van der Waals surface area contributed by atoms with Crippen LogP contribution in [-0.2, 0) is 0 Å². The normalized spacial score (nSPS) is 11.9. The van der Waals surface area contributed by atoms with Gasteiger partial charge in [0.15, 0.2) is 16.1 Å². The molecule has 0 amide bonds. The van der Waals surface area contributed by atoms with Crippen LogP contribution in [0.15, 0.2) is 315 Å². The summed E-state index contributed by atoms with van der Waals surface area (Å²) in [5, 5.41) is 15.8. The molecule has 0 radical (unpaired) electrons. The van der Waals surface area contributed by atoms with Crippen molar-refractivity contribution in [3.63, 3.8) is 0 Å². The van der Waals surface area contributed by atoms with Gasteiger partial charge in [0.2, 0.25) is 0 Å². The van der Waals surface area contributed by atoms with Gasteiger partial charge in [-0.05, 0) is 101 Å². The second-order valence-electron chi connectivity index (χ2n) is 19.9. The van der Waals surface area contributed by atoms with E-state index in [2.05, 4.69) is 325 Å². The van der Waals surface area contributed by atoms with Gasteiger partial charge in [-0.25, -0.2) is 0 Å². The van der Waals surface area contributed by atoms with Crippen LogP contribution in [0.25, 0.3) is 66.1 Å². The van der Waals surface area contributed by atoms with Crippen molar-refractivity contribution in [2.75, 3.05) is 0 Å². The third-order valence-electron chi connectivity index (χ3n) is 16.0. The quantitative estimate of drug-likeness (QED) is 0.0903. The molecule has 0 aliphatic heterocycles. The minimum Gasteiger partial charge on any atom is -0.309 e. The van der Waals surface area contributed by atoms with E-state index in [1.165, 1.54) is 90.7 Å². The highest BCUT2D eigenvalue weighted by Crippen LogP contribution is 2.41. The van der Waals surface area contributed by atoms with E-state index in [1.54, 1.807) is 0 Å². The van der Waals surface area contributed by atoms with Crippen LogP contribution in [0, 0.1) is 0 Å². The molecule has 4 heteroatoms. The van der Waals surface area contributed by atoms with Crippen LogP contribution in [0.2, 0.25) is 0 Å². The number of fused-ring (bicyclic) bond motifs is 6. The lowest BCUT2D eigenvalue weighted by Gasteiger charge is -2.34. The van der Waals surface area contributed by atoms with E-state index in [0.717, 1.165) is 16.9 Å². The maximum absolute atomic E-state index is 2.83. The first kappa shape index (κ1) is 45.3. The first-order valence-corrected chi connectivity index (χ1v) is 30.3. The summed E-state index contributed by atoms with van der Waals surface area (Å²) in [5.41, 5.74) is 9.39. The van der Waals surface area contributed by atoms with E-state index in [4.69, 9.17) is 0 Å². The third-order valence-corrected chi connectivity index (χ3v) is 25.6. The van der Waals surface area contributed by atoms with Gasteiger partial charge in [-0.1, -0.05) is 267 Å². The molecule has 2 heterocycles. The Balaban J connectivity index is 1.02. The van der Waals surface area contributed by atoms with Gasteiger partial charge in [-0.15, -0.1) is 0 Å². The fourth-order valence-corrected chi connectivity index (χ4v) is 22.4. The third kappa shape index (κ3) is 7.14. The lowest BCUT2D eigenvalue weighted by Crippen LogP contribution is -2.74. The van der Waals surface area contributed by atoms with Gasteiger partial charge in [0.1, 0.15) is 0 Å². The Labute approximate surface area is 445 Å². The fourth-order valence-electron chi connectivity index (χ4n) is 12.8. The summed E-state index contributed by atoms with van der Waals surface area (Å²) in [5.74, 6) is 0. The minimum absolute atomic E-state index is 1.13. The van der Waals surface area contributed by atoms with Crippen LogP contribution < -0.4 is 41.5 Å². The Bertz CT molecular complexity index is 4170. The van der Waals surface area contributed by atoms with Crippen molar-refractivity contribution >= 4 is 101 Å². The lowest BCUT2D eigenvalue weighted by atomic mass is 9.99. The Hall–Kier alpha value is -9.33. The molecule has 358 valence electrons. The van der Waals surface area contributed by atoms with Crippen LogP contribution in [0.4, 0.5) is 0 Å². The highest BCUT2D eigenvalue weighted by atomic mass is 28.3. The zero-order valence-corrected chi connectivity index (χ0v) is 43.9. The lowest BCUT2D eigenvalue weighted by molar-refractivity contribution is 1.17. The molecule has 0 unspecified atom stereocenters. The van der Waals surface area contributed by atoms with Crippen molar-refractivity contribution in [1.82, 2.24) is 9.13 Å². The molecule has 0 aliphatic carbocycles. The Morgan fingerprint density at radius 3 is 1.11 bits per heavy atom. The predicted octanol–water partition coefficient (Wildman–Crippen LogP) is 12.3. The molecule has 0 N–H and O–H groups in total. The van der Waals surface area contributed by atoms with E-state index in [0.29, 0.717) is 0 Å². The highest BCUT2D eigenvalue weighted by molar-refractivity contribution is 7.20. The van der Waals surface area contributed by atoms with Gasteiger partial charge in [0, 0.05) is 32.9 Å². The van der Waals surface area contributed by atoms with Gasteiger partial charge in [-0.2, -0.15) is 0 Å². The molecule has 0 spiro atoms. The molecule has 0 bridgehead atoms. The van der Waals surface area contributed by atoms with E-state index in [-0.39, 0.29) is 0 Å². The zero-order chi connectivity index (χ0) is 50.5. The summed E-state index contributed by atoms with van der Waals surface area (Å²) < 4.78 is 5.02. The van der Waals surface area contributed by atoms with Gasteiger partial charge >= 0.3 is 0 Å². The number of rotatable bonds is 11. The van der Waals surface area contributed by atoms with Crippen molar-refractivity contribution in [1.29, 1.82) is 0 Å². The molecule has 12 aromatic carbocycles. The summed E-state index contributed by atoms with van der Waals surface area (Å²) in [7, 11) is -5.62. The van der Waals surface area contributed by atoms with Crippen molar-refractivity contribution in [2.45, 2.75) is 0 Å².